The maximum Gasteiger partial charge on any atom is 0.142 e. The van der Waals surface area contributed by atoms with Crippen molar-refractivity contribution in [3.8, 4) is 0 Å². The molecule has 0 aliphatic heterocycles. The Morgan fingerprint density at radius 3 is 3.00 bits per heavy atom. The zero-order valence-electron chi connectivity index (χ0n) is 6.54. The number of aromatic nitrogens is 2. The molecule has 0 aliphatic carbocycles. The zero-order chi connectivity index (χ0) is 8.10. The lowest BCUT2D eigenvalue weighted by Gasteiger charge is -2.00. The van der Waals surface area contributed by atoms with Gasteiger partial charge in [0.15, 0.2) is 0 Å². The van der Waals surface area contributed by atoms with E-state index in [2.05, 4.69) is 15.3 Å². The van der Waals surface area contributed by atoms with Crippen molar-refractivity contribution in [1.82, 2.24) is 15.3 Å². The Bertz CT molecular complexity index is 223. The molecule has 0 spiro atoms. The third kappa shape index (κ3) is 2.51. The van der Waals surface area contributed by atoms with Crippen LogP contribution < -0.4 is 11.1 Å². The van der Waals surface area contributed by atoms with Gasteiger partial charge in [0.25, 0.3) is 0 Å². The molecule has 1 heterocycles. The molecule has 0 amide bonds. The molecule has 60 valence electrons. The predicted molar refractivity (Wildman–Crippen MR) is 43.8 cm³/mol. The van der Waals surface area contributed by atoms with Crippen molar-refractivity contribution in [3.05, 3.63) is 18.1 Å². The van der Waals surface area contributed by atoms with E-state index >= 15 is 0 Å². The number of nitrogens with zero attached hydrogens (tertiary/aromatic N) is 2. The van der Waals surface area contributed by atoms with Crippen LogP contribution in [-0.2, 0) is 6.54 Å². The SMILES string of the molecule is CCNCc1cncc(N)n1. The molecular weight excluding hydrogens is 140 g/mol. The van der Waals surface area contributed by atoms with Gasteiger partial charge in [0.1, 0.15) is 5.82 Å². The normalized spacial score (nSPS) is 9.91. The molecule has 1 rings (SSSR count). The number of nitrogen functional groups attached to an aromatic ring is 1. The molecular formula is C7H12N4. The minimum absolute atomic E-state index is 0.473. The van der Waals surface area contributed by atoms with Gasteiger partial charge in [-0.2, -0.15) is 0 Å². The highest BCUT2D eigenvalue weighted by atomic mass is 14.9. The maximum atomic E-state index is 5.43. The second-order valence-electron chi connectivity index (χ2n) is 2.22. The Labute approximate surface area is 65.9 Å². The molecule has 0 radical (unpaired) electrons. The summed E-state index contributed by atoms with van der Waals surface area (Å²) in [5, 5.41) is 3.13. The lowest BCUT2D eigenvalue weighted by molar-refractivity contribution is 0.708. The monoisotopic (exact) mass is 152 g/mol. The number of rotatable bonds is 3. The van der Waals surface area contributed by atoms with Crippen LogP contribution in [0.1, 0.15) is 12.6 Å². The molecule has 11 heavy (non-hydrogen) atoms. The molecule has 0 aromatic carbocycles. The van der Waals surface area contributed by atoms with Gasteiger partial charge < -0.3 is 11.1 Å². The minimum Gasteiger partial charge on any atom is -0.382 e. The van der Waals surface area contributed by atoms with Gasteiger partial charge in [-0.05, 0) is 6.54 Å². The van der Waals surface area contributed by atoms with Crippen LogP contribution in [0.5, 0.6) is 0 Å². The summed E-state index contributed by atoms with van der Waals surface area (Å²) in [4.78, 5) is 7.97. The molecule has 0 saturated heterocycles. The summed E-state index contributed by atoms with van der Waals surface area (Å²) in [6.07, 6.45) is 3.24. The fourth-order valence-electron chi connectivity index (χ4n) is 0.761. The Balaban J connectivity index is 2.56. The van der Waals surface area contributed by atoms with Gasteiger partial charge in [0.05, 0.1) is 11.9 Å². The summed E-state index contributed by atoms with van der Waals surface area (Å²) in [7, 11) is 0. The number of nitrogens with two attached hydrogens (primary N) is 1. The maximum absolute atomic E-state index is 5.43. The summed E-state index contributed by atoms with van der Waals surface area (Å²) in [5.41, 5.74) is 6.31. The number of anilines is 1. The van der Waals surface area contributed by atoms with Gasteiger partial charge in [-0.25, -0.2) is 4.98 Å². The van der Waals surface area contributed by atoms with Crippen LogP contribution >= 0.6 is 0 Å². The van der Waals surface area contributed by atoms with E-state index in [1.807, 2.05) is 6.92 Å². The first kappa shape index (κ1) is 7.94. The Morgan fingerprint density at radius 1 is 1.55 bits per heavy atom. The highest BCUT2D eigenvalue weighted by molar-refractivity contribution is 5.23. The van der Waals surface area contributed by atoms with Crippen molar-refractivity contribution in [2.75, 3.05) is 12.3 Å². The van der Waals surface area contributed by atoms with Crippen molar-refractivity contribution in [3.63, 3.8) is 0 Å². The first-order valence-electron chi connectivity index (χ1n) is 3.60. The minimum atomic E-state index is 0.473. The first-order valence-corrected chi connectivity index (χ1v) is 3.60. The van der Waals surface area contributed by atoms with Gasteiger partial charge >= 0.3 is 0 Å². The van der Waals surface area contributed by atoms with Crippen LogP contribution in [-0.4, -0.2) is 16.5 Å². The fourth-order valence-corrected chi connectivity index (χ4v) is 0.761. The van der Waals surface area contributed by atoms with Gasteiger partial charge in [-0.15, -0.1) is 0 Å². The van der Waals surface area contributed by atoms with Gasteiger partial charge in [0.2, 0.25) is 0 Å². The third-order valence-corrected chi connectivity index (χ3v) is 1.26. The predicted octanol–water partition coefficient (Wildman–Crippen LogP) is 0.168. The molecule has 0 saturated carbocycles. The van der Waals surface area contributed by atoms with Crippen molar-refractivity contribution in [1.29, 1.82) is 0 Å². The van der Waals surface area contributed by atoms with E-state index in [0.29, 0.717) is 5.82 Å². The number of hydrogen-bond acceptors (Lipinski definition) is 4. The van der Waals surface area contributed by atoms with Gasteiger partial charge in [-0.3, -0.25) is 4.98 Å². The molecule has 4 heteroatoms. The first-order chi connectivity index (χ1) is 5.33. The van der Waals surface area contributed by atoms with Crippen LogP contribution in [0, 0.1) is 0 Å². The van der Waals surface area contributed by atoms with Crippen LogP contribution in [0.3, 0.4) is 0 Å². The summed E-state index contributed by atoms with van der Waals surface area (Å²) in [5.74, 6) is 0.473. The van der Waals surface area contributed by atoms with E-state index < -0.39 is 0 Å². The van der Waals surface area contributed by atoms with Gasteiger partial charge in [0, 0.05) is 12.7 Å². The van der Waals surface area contributed by atoms with Gasteiger partial charge in [-0.1, -0.05) is 6.92 Å². The van der Waals surface area contributed by atoms with Crippen molar-refractivity contribution in [2.45, 2.75) is 13.5 Å². The summed E-state index contributed by atoms with van der Waals surface area (Å²) in [6.45, 7) is 3.70. The molecule has 4 nitrogen and oxygen atoms in total. The number of nitrogens with one attached hydrogen (secondary N) is 1. The third-order valence-electron chi connectivity index (χ3n) is 1.26. The van der Waals surface area contributed by atoms with Crippen molar-refractivity contribution < 1.29 is 0 Å². The molecule has 3 N–H and O–H groups in total. The summed E-state index contributed by atoms with van der Waals surface area (Å²) < 4.78 is 0. The Hall–Kier alpha value is -1.16. The van der Waals surface area contributed by atoms with Crippen LogP contribution in [0.15, 0.2) is 12.4 Å². The average molecular weight is 152 g/mol. The second kappa shape index (κ2) is 3.88. The largest absolute Gasteiger partial charge is 0.382 e. The van der Waals surface area contributed by atoms with E-state index in [4.69, 9.17) is 5.73 Å². The van der Waals surface area contributed by atoms with Crippen LogP contribution in [0.4, 0.5) is 5.82 Å². The zero-order valence-corrected chi connectivity index (χ0v) is 6.54. The molecule has 0 atom stereocenters. The summed E-state index contributed by atoms with van der Waals surface area (Å²) in [6, 6.07) is 0. The van der Waals surface area contributed by atoms with E-state index in [0.717, 1.165) is 18.8 Å². The highest BCUT2D eigenvalue weighted by Crippen LogP contribution is 1.95. The van der Waals surface area contributed by atoms with Crippen LogP contribution in [0.25, 0.3) is 0 Å². The highest BCUT2D eigenvalue weighted by Gasteiger charge is 1.92. The van der Waals surface area contributed by atoms with E-state index in [-0.39, 0.29) is 0 Å². The smallest absolute Gasteiger partial charge is 0.142 e. The quantitative estimate of drug-likeness (QED) is 0.648. The average Bonchev–Trinajstić information content (AvgIpc) is 2.01. The standard InChI is InChI=1S/C7H12N4/c1-2-9-3-6-4-10-5-7(8)11-6/h4-5,9H,2-3H2,1H3,(H2,8,11). The second-order valence-corrected chi connectivity index (χ2v) is 2.22. The molecule has 1 aromatic heterocycles. The topological polar surface area (TPSA) is 63.8 Å². The van der Waals surface area contributed by atoms with E-state index in [1.54, 1.807) is 6.20 Å². The Kier molecular flexibility index (Phi) is 2.80. The van der Waals surface area contributed by atoms with E-state index in [1.165, 1.54) is 6.20 Å². The number of hydrogen-bond donors (Lipinski definition) is 2. The molecule has 1 aromatic rings. The molecule has 0 fully saturated rings. The molecule has 0 aliphatic rings. The molecule has 0 bridgehead atoms. The lowest BCUT2D eigenvalue weighted by atomic mass is 10.4. The molecule has 0 unspecified atom stereocenters. The van der Waals surface area contributed by atoms with Crippen LogP contribution in [0.2, 0.25) is 0 Å². The lowest BCUT2D eigenvalue weighted by Crippen LogP contribution is -2.13. The Morgan fingerprint density at radius 2 is 2.36 bits per heavy atom. The fraction of sp³-hybridized carbons (Fsp3) is 0.429. The summed E-state index contributed by atoms with van der Waals surface area (Å²) >= 11 is 0. The van der Waals surface area contributed by atoms with Crippen molar-refractivity contribution >= 4 is 5.82 Å². The van der Waals surface area contributed by atoms with E-state index in [9.17, 15) is 0 Å². The van der Waals surface area contributed by atoms with Crippen molar-refractivity contribution in [2.24, 2.45) is 0 Å².